The molecule has 5 atom stereocenters. The Morgan fingerprint density at radius 2 is 1.67 bits per heavy atom. The summed E-state index contributed by atoms with van der Waals surface area (Å²) in [6, 6.07) is 9.00. The highest BCUT2D eigenvalue weighted by atomic mass is 32.2. The largest absolute Gasteiger partial charge is 0.122 e. The second-order valence-corrected chi connectivity index (χ2v) is 6.44. The predicted octanol–water partition coefficient (Wildman–Crippen LogP) is 4.17. The van der Waals surface area contributed by atoms with Crippen LogP contribution in [0.2, 0.25) is 0 Å². The molecule has 0 radical (unpaired) electrons. The van der Waals surface area contributed by atoms with Gasteiger partial charge in [0.15, 0.2) is 0 Å². The van der Waals surface area contributed by atoms with Crippen LogP contribution >= 0.6 is 11.8 Å². The van der Waals surface area contributed by atoms with E-state index in [2.05, 4.69) is 56.8 Å². The molecule has 2 aliphatic rings. The highest BCUT2D eigenvalue weighted by Gasteiger charge is 2.49. The fraction of sp³-hybridized carbons (Fsp3) is 0.571. The number of hydrogen-bond donors (Lipinski definition) is 0. The van der Waals surface area contributed by atoms with Crippen molar-refractivity contribution < 1.29 is 0 Å². The van der Waals surface area contributed by atoms with Gasteiger partial charge in [0, 0.05) is 16.1 Å². The Bertz CT molecular complexity index is 385. The number of benzene rings is 1. The Labute approximate surface area is 96.5 Å². The summed E-state index contributed by atoms with van der Waals surface area (Å²) in [4.78, 5) is 1.54. The van der Waals surface area contributed by atoms with Crippen molar-refractivity contribution in [3.8, 4) is 0 Å². The monoisotopic (exact) mass is 218 g/mol. The first kappa shape index (κ1) is 9.77. The van der Waals surface area contributed by atoms with E-state index in [4.69, 9.17) is 0 Å². The molecular formula is C14H18S. The lowest BCUT2D eigenvalue weighted by Gasteiger charge is -2.18. The lowest BCUT2D eigenvalue weighted by molar-refractivity contribution is 0.369. The molecule has 1 aromatic carbocycles. The molecule has 0 spiro atoms. The van der Waals surface area contributed by atoms with Crippen LogP contribution in [0.25, 0.3) is 0 Å². The van der Waals surface area contributed by atoms with E-state index < -0.39 is 0 Å². The molecule has 0 amide bonds. The molecule has 15 heavy (non-hydrogen) atoms. The van der Waals surface area contributed by atoms with Gasteiger partial charge in [-0.3, -0.25) is 0 Å². The average Bonchev–Trinajstić information content (AvgIpc) is 2.72. The van der Waals surface area contributed by atoms with E-state index >= 15 is 0 Å². The Hall–Kier alpha value is -0.430. The lowest BCUT2D eigenvalue weighted by Crippen LogP contribution is -2.11. The molecule has 1 aromatic rings. The highest BCUT2D eigenvalue weighted by molar-refractivity contribution is 8.00. The van der Waals surface area contributed by atoms with Gasteiger partial charge in [-0.15, -0.1) is 11.8 Å². The van der Waals surface area contributed by atoms with E-state index in [0.717, 1.165) is 28.9 Å². The normalized spacial score (nSPS) is 42.7. The van der Waals surface area contributed by atoms with Gasteiger partial charge in [0.2, 0.25) is 0 Å². The lowest BCUT2D eigenvalue weighted by atomic mass is 9.87. The van der Waals surface area contributed by atoms with E-state index in [0.29, 0.717) is 0 Å². The molecule has 5 unspecified atom stereocenters. The second kappa shape index (κ2) is 3.28. The van der Waals surface area contributed by atoms with Crippen molar-refractivity contribution in [1.82, 2.24) is 0 Å². The summed E-state index contributed by atoms with van der Waals surface area (Å²) >= 11 is 2.12. The van der Waals surface area contributed by atoms with Crippen molar-refractivity contribution in [2.24, 2.45) is 17.8 Å². The van der Waals surface area contributed by atoms with Crippen LogP contribution in [0, 0.1) is 17.8 Å². The summed E-state index contributed by atoms with van der Waals surface area (Å²) in [6.45, 7) is 7.30. The van der Waals surface area contributed by atoms with Gasteiger partial charge in [-0.1, -0.05) is 39.0 Å². The third kappa shape index (κ3) is 1.22. The Kier molecular flexibility index (Phi) is 2.14. The van der Waals surface area contributed by atoms with Crippen LogP contribution in [-0.4, -0.2) is 5.25 Å². The zero-order valence-electron chi connectivity index (χ0n) is 9.60. The number of fused-ring (bicyclic) bond motifs is 3. The van der Waals surface area contributed by atoms with Crippen molar-refractivity contribution in [2.45, 2.75) is 36.8 Å². The molecular weight excluding hydrogens is 200 g/mol. The Balaban J connectivity index is 2.06. The zero-order valence-corrected chi connectivity index (χ0v) is 10.4. The molecule has 1 aliphatic carbocycles. The molecule has 1 aliphatic heterocycles. The third-order valence-corrected chi connectivity index (χ3v) is 6.26. The molecule has 0 N–H and O–H groups in total. The molecule has 1 saturated carbocycles. The quantitative estimate of drug-likeness (QED) is 0.630. The number of hydrogen-bond acceptors (Lipinski definition) is 1. The van der Waals surface area contributed by atoms with Gasteiger partial charge in [-0.25, -0.2) is 0 Å². The third-order valence-electron chi connectivity index (χ3n) is 4.64. The van der Waals surface area contributed by atoms with Gasteiger partial charge in [0.1, 0.15) is 0 Å². The van der Waals surface area contributed by atoms with Gasteiger partial charge in [0.05, 0.1) is 0 Å². The molecule has 1 heteroatoms. The first-order valence-electron chi connectivity index (χ1n) is 5.95. The van der Waals surface area contributed by atoms with Gasteiger partial charge >= 0.3 is 0 Å². The van der Waals surface area contributed by atoms with Crippen LogP contribution in [0.15, 0.2) is 29.2 Å². The first-order valence-corrected chi connectivity index (χ1v) is 6.83. The molecule has 1 fully saturated rings. The van der Waals surface area contributed by atoms with E-state index in [1.165, 1.54) is 4.90 Å². The summed E-state index contributed by atoms with van der Waals surface area (Å²) in [6.07, 6.45) is 0. The van der Waals surface area contributed by atoms with Crippen LogP contribution in [0.5, 0.6) is 0 Å². The number of rotatable bonds is 0. The number of thioether (sulfide) groups is 1. The molecule has 3 rings (SSSR count). The maximum absolute atomic E-state index is 2.44. The average molecular weight is 218 g/mol. The first-order chi connectivity index (χ1) is 7.20. The fourth-order valence-electron chi connectivity index (χ4n) is 3.38. The topological polar surface area (TPSA) is 0 Å². The van der Waals surface area contributed by atoms with Gasteiger partial charge < -0.3 is 0 Å². The minimum Gasteiger partial charge on any atom is -0.122 e. The maximum Gasteiger partial charge on any atom is 0.0194 e. The SMILES string of the molecule is CC1C(C)C2Sc3ccccc3C2C1C. The summed E-state index contributed by atoms with van der Waals surface area (Å²) in [5, 5.41) is 0.840. The summed E-state index contributed by atoms with van der Waals surface area (Å²) < 4.78 is 0. The fourth-order valence-corrected chi connectivity index (χ4v) is 5.18. The minimum atomic E-state index is 0.816. The summed E-state index contributed by atoms with van der Waals surface area (Å²) in [5.74, 6) is 3.40. The van der Waals surface area contributed by atoms with E-state index in [-0.39, 0.29) is 0 Å². The van der Waals surface area contributed by atoms with Crippen LogP contribution in [0.1, 0.15) is 32.3 Å². The zero-order chi connectivity index (χ0) is 10.6. The van der Waals surface area contributed by atoms with E-state index in [1.807, 2.05) is 0 Å². The second-order valence-electron chi connectivity index (χ2n) is 5.22. The standard InChI is InChI=1S/C14H18S/c1-8-9(2)13-11-6-4-5-7-12(11)15-14(13)10(8)3/h4-10,13-14H,1-3H3. The maximum atomic E-state index is 2.44. The molecule has 0 saturated heterocycles. The molecule has 80 valence electrons. The summed E-state index contributed by atoms with van der Waals surface area (Å²) in [5.41, 5.74) is 1.62. The van der Waals surface area contributed by atoms with Crippen LogP contribution in [-0.2, 0) is 0 Å². The summed E-state index contributed by atoms with van der Waals surface area (Å²) in [7, 11) is 0. The minimum absolute atomic E-state index is 0.816. The van der Waals surface area contributed by atoms with Gasteiger partial charge in [-0.2, -0.15) is 0 Å². The van der Waals surface area contributed by atoms with Crippen molar-refractivity contribution >= 4 is 11.8 Å². The van der Waals surface area contributed by atoms with Crippen molar-refractivity contribution in [2.75, 3.05) is 0 Å². The highest BCUT2D eigenvalue weighted by Crippen LogP contribution is 2.59. The van der Waals surface area contributed by atoms with Crippen LogP contribution in [0.4, 0.5) is 0 Å². The molecule has 0 aromatic heterocycles. The van der Waals surface area contributed by atoms with Crippen LogP contribution in [0.3, 0.4) is 0 Å². The Morgan fingerprint density at radius 3 is 2.47 bits per heavy atom. The predicted molar refractivity (Wildman–Crippen MR) is 66.3 cm³/mol. The van der Waals surface area contributed by atoms with Gasteiger partial charge in [-0.05, 0) is 29.4 Å². The molecule has 1 heterocycles. The van der Waals surface area contributed by atoms with Gasteiger partial charge in [0.25, 0.3) is 0 Å². The van der Waals surface area contributed by atoms with E-state index in [9.17, 15) is 0 Å². The molecule has 0 nitrogen and oxygen atoms in total. The molecule has 0 bridgehead atoms. The Morgan fingerprint density at radius 1 is 0.933 bits per heavy atom. The van der Waals surface area contributed by atoms with Crippen LogP contribution < -0.4 is 0 Å². The van der Waals surface area contributed by atoms with E-state index in [1.54, 1.807) is 5.56 Å². The smallest absolute Gasteiger partial charge is 0.0194 e. The van der Waals surface area contributed by atoms with Crippen molar-refractivity contribution in [3.63, 3.8) is 0 Å². The van der Waals surface area contributed by atoms with Crippen molar-refractivity contribution in [3.05, 3.63) is 29.8 Å². The van der Waals surface area contributed by atoms with Crippen molar-refractivity contribution in [1.29, 1.82) is 0 Å².